The lowest BCUT2D eigenvalue weighted by molar-refractivity contribution is 0.281. The summed E-state index contributed by atoms with van der Waals surface area (Å²) in [6.07, 6.45) is 4.33. The van der Waals surface area contributed by atoms with Crippen molar-refractivity contribution < 1.29 is 8.42 Å². The molecule has 0 spiro atoms. The van der Waals surface area contributed by atoms with Crippen molar-refractivity contribution in [1.29, 1.82) is 0 Å². The maximum Gasteiger partial charge on any atom is 0.243 e. The molecule has 2 fully saturated rings. The number of piperidine rings is 1. The van der Waals surface area contributed by atoms with Gasteiger partial charge in [-0.1, -0.05) is 19.1 Å². The van der Waals surface area contributed by atoms with Gasteiger partial charge >= 0.3 is 0 Å². The molecule has 0 radical (unpaired) electrons. The molecule has 0 aromatic heterocycles. The van der Waals surface area contributed by atoms with Crippen LogP contribution in [0.1, 0.15) is 38.2 Å². The fraction of sp³-hybridized carbons (Fsp3) is 0.588. The Kier molecular flexibility index (Phi) is 5.10. The normalized spacial score (nSPS) is 23.2. The highest BCUT2D eigenvalue weighted by molar-refractivity contribution is 7.89. The maximum atomic E-state index is 12.7. The Morgan fingerprint density at radius 1 is 1.29 bits per heavy atom. The average Bonchev–Trinajstić information content (AvgIpc) is 3.37. The van der Waals surface area contributed by atoms with Crippen LogP contribution in [0.3, 0.4) is 0 Å². The summed E-state index contributed by atoms with van der Waals surface area (Å²) in [6, 6.07) is 7.45. The van der Waals surface area contributed by atoms with Crippen molar-refractivity contribution in [2.75, 3.05) is 13.1 Å². The van der Waals surface area contributed by atoms with E-state index >= 15 is 0 Å². The molecule has 1 unspecified atom stereocenters. The highest BCUT2D eigenvalue weighted by atomic mass is 32.2. The predicted octanol–water partition coefficient (Wildman–Crippen LogP) is 1.67. The van der Waals surface area contributed by atoms with Crippen LogP contribution in [0.15, 0.2) is 34.2 Å². The van der Waals surface area contributed by atoms with E-state index < -0.39 is 10.0 Å². The fourth-order valence-electron chi connectivity index (χ4n) is 2.94. The summed E-state index contributed by atoms with van der Waals surface area (Å²) in [5.41, 5.74) is 6.75. The molecule has 1 aromatic rings. The fourth-order valence-corrected chi connectivity index (χ4v) is 4.54. The number of benzene rings is 1. The molecule has 1 heterocycles. The summed E-state index contributed by atoms with van der Waals surface area (Å²) >= 11 is 0. The lowest BCUT2D eigenvalue weighted by atomic mass is 10.0. The number of nitrogens with one attached hydrogen (secondary N) is 1. The van der Waals surface area contributed by atoms with E-state index in [1.165, 1.54) is 0 Å². The van der Waals surface area contributed by atoms with E-state index in [0.29, 0.717) is 42.4 Å². The first-order valence-corrected chi connectivity index (χ1v) is 10.0. The molecule has 7 heteroatoms. The summed E-state index contributed by atoms with van der Waals surface area (Å²) in [4.78, 5) is 4.64. The molecule has 1 aliphatic heterocycles. The molecular weight excluding hydrogens is 324 g/mol. The van der Waals surface area contributed by atoms with Gasteiger partial charge in [-0.15, -0.1) is 0 Å². The Labute approximate surface area is 144 Å². The van der Waals surface area contributed by atoms with E-state index in [1.54, 1.807) is 16.4 Å². The number of hydrogen-bond donors (Lipinski definition) is 2. The Morgan fingerprint density at radius 3 is 2.62 bits per heavy atom. The summed E-state index contributed by atoms with van der Waals surface area (Å²) in [6.45, 7) is 3.77. The molecule has 1 atom stereocenters. The quantitative estimate of drug-likeness (QED) is 0.625. The second-order valence-electron chi connectivity index (χ2n) is 6.87. The molecule has 3 N–H and O–H groups in total. The number of hydrogen-bond acceptors (Lipinski definition) is 3. The zero-order chi connectivity index (χ0) is 17.2. The smallest absolute Gasteiger partial charge is 0.243 e. The molecule has 1 saturated carbocycles. The monoisotopic (exact) mass is 350 g/mol. The third-order valence-corrected chi connectivity index (χ3v) is 6.42. The van der Waals surface area contributed by atoms with Gasteiger partial charge in [-0.3, -0.25) is 0 Å². The summed E-state index contributed by atoms with van der Waals surface area (Å²) < 4.78 is 27.0. The SMILES string of the molecule is CC1CCCN(S(=O)(=O)c2ccc(CN=C(N)NC3CC3)cc2)C1. The molecule has 1 aliphatic carbocycles. The molecule has 1 saturated heterocycles. The van der Waals surface area contributed by atoms with Gasteiger partial charge < -0.3 is 11.1 Å². The van der Waals surface area contributed by atoms with Gasteiger partial charge in [0.25, 0.3) is 0 Å². The van der Waals surface area contributed by atoms with Crippen molar-refractivity contribution in [1.82, 2.24) is 9.62 Å². The summed E-state index contributed by atoms with van der Waals surface area (Å²) in [7, 11) is -3.39. The van der Waals surface area contributed by atoms with Crippen LogP contribution in [0.4, 0.5) is 0 Å². The van der Waals surface area contributed by atoms with Gasteiger partial charge in [0.1, 0.15) is 0 Å². The van der Waals surface area contributed by atoms with Crippen molar-refractivity contribution >= 4 is 16.0 Å². The van der Waals surface area contributed by atoms with Crippen molar-refractivity contribution in [3.63, 3.8) is 0 Å². The highest BCUT2D eigenvalue weighted by Crippen LogP contribution is 2.23. The third kappa shape index (κ3) is 4.27. The maximum absolute atomic E-state index is 12.7. The average molecular weight is 350 g/mol. The minimum absolute atomic E-state index is 0.355. The first-order valence-electron chi connectivity index (χ1n) is 8.60. The van der Waals surface area contributed by atoms with E-state index in [2.05, 4.69) is 17.2 Å². The zero-order valence-corrected chi connectivity index (χ0v) is 14.9. The zero-order valence-electron chi connectivity index (χ0n) is 14.1. The van der Waals surface area contributed by atoms with Crippen LogP contribution in [0.2, 0.25) is 0 Å². The molecule has 0 amide bonds. The topological polar surface area (TPSA) is 87.8 Å². The largest absolute Gasteiger partial charge is 0.370 e. The molecule has 6 nitrogen and oxygen atoms in total. The van der Waals surface area contributed by atoms with Crippen LogP contribution in [-0.4, -0.2) is 37.8 Å². The number of aliphatic imine (C=N–C) groups is 1. The number of guanidine groups is 1. The van der Waals surface area contributed by atoms with Gasteiger partial charge in [0.15, 0.2) is 5.96 Å². The Balaban J connectivity index is 1.64. The van der Waals surface area contributed by atoms with Crippen LogP contribution in [-0.2, 0) is 16.6 Å². The Hall–Kier alpha value is -1.60. The van der Waals surface area contributed by atoms with Crippen LogP contribution in [0.5, 0.6) is 0 Å². The molecule has 0 bridgehead atoms. The van der Waals surface area contributed by atoms with Gasteiger partial charge in [0, 0.05) is 19.1 Å². The Morgan fingerprint density at radius 2 is 2.00 bits per heavy atom. The van der Waals surface area contributed by atoms with Crippen LogP contribution in [0.25, 0.3) is 0 Å². The molecular formula is C17H26N4O2S. The first kappa shape index (κ1) is 17.2. The van der Waals surface area contributed by atoms with Crippen LogP contribution in [0, 0.1) is 5.92 Å². The molecule has 2 aliphatic rings. The summed E-state index contributed by atoms with van der Waals surface area (Å²) in [5, 5.41) is 3.13. The molecule has 3 rings (SSSR count). The third-order valence-electron chi connectivity index (χ3n) is 4.54. The van der Waals surface area contributed by atoms with Gasteiger partial charge in [0.2, 0.25) is 10.0 Å². The van der Waals surface area contributed by atoms with Crippen molar-refractivity contribution in [3.05, 3.63) is 29.8 Å². The van der Waals surface area contributed by atoms with Gasteiger partial charge in [-0.2, -0.15) is 4.31 Å². The number of sulfonamides is 1. The number of nitrogens with two attached hydrogens (primary N) is 1. The van der Waals surface area contributed by atoms with E-state index in [0.717, 1.165) is 31.2 Å². The van der Waals surface area contributed by atoms with Gasteiger partial charge in [-0.05, 0) is 49.3 Å². The van der Waals surface area contributed by atoms with Gasteiger partial charge in [-0.25, -0.2) is 13.4 Å². The van der Waals surface area contributed by atoms with E-state index in [1.807, 2.05) is 12.1 Å². The van der Waals surface area contributed by atoms with Gasteiger partial charge in [0.05, 0.1) is 11.4 Å². The minimum Gasteiger partial charge on any atom is -0.370 e. The van der Waals surface area contributed by atoms with E-state index in [4.69, 9.17) is 5.73 Å². The first-order chi connectivity index (χ1) is 11.4. The molecule has 132 valence electrons. The van der Waals surface area contributed by atoms with Crippen LogP contribution >= 0.6 is 0 Å². The van der Waals surface area contributed by atoms with Crippen LogP contribution < -0.4 is 11.1 Å². The molecule has 1 aromatic carbocycles. The highest BCUT2D eigenvalue weighted by Gasteiger charge is 2.28. The second kappa shape index (κ2) is 7.11. The van der Waals surface area contributed by atoms with Crippen molar-refractivity contribution in [3.8, 4) is 0 Å². The minimum atomic E-state index is -3.39. The predicted molar refractivity (Wildman–Crippen MR) is 95.1 cm³/mol. The number of rotatable bonds is 5. The lowest BCUT2D eigenvalue weighted by Gasteiger charge is -2.30. The summed E-state index contributed by atoms with van der Waals surface area (Å²) in [5.74, 6) is 0.876. The van der Waals surface area contributed by atoms with Crippen molar-refractivity contribution in [2.24, 2.45) is 16.6 Å². The Bertz CT molecular complexity index is 696. The molecule has 24 heavy (non-hydrogen) atoms. The second-order valence-corrected chi connectivity index (χ2v) is 8.81. The standard InChI is InChI=1S/C17H26N4O2S/c1-13-3-2-10-21(12-13)24(22,23)16-8-4-14(5-9-16)11-19-17(18)20-15-6-7-15/h4-5,8-9,13,15H,2-3,6-7,10-12H2,1H3,(H3,18,19,20). The number of nitrogens with zero attached hydrogens (tertiary/aromatic N) is 2. The van der Waals surface area contributed by atoms with E-state index in [9.17, 15) is 8.42 Å². The lowest BCUT2D eigenvalue weighted by Crippen LogP contribution is -2.39. The van der Waals surface area contributed by atoms with Crippen molar-refractivity contribution in [2.45, 2.75) is 50.1 Å². The van der Waals surface area contributed by atoms with E-state index in [-0.39, 0.29) is 0 Å².